The first-order valence-electron chi connectivity index (χ1n) is 6.25. The van der Waals surface area contributed by atoms with Gasteiger partial charge in [0.2, 0.25) is 6.79 Å². The SMILES string of the molecule is OC(Cc1cc(Cl)ccc1Cl)c1cc(Cl)c2c(c1)OCO2. The Kier molecular flexibility index (Phi) is 4.18. The van der Waals surface area contributed by atoms with Gasteiger partial charge < -0.3 is 14.6 Å². The highest BCUT2D eigenvalue weighted by Gasteiger charge is 2.21. The van der Waals surface area contributed by atoms with E-state index in [1.807, 2.05) is 0 Å². The molecular weight excluding hydrogens is 335 g/mol. The van der Waals surface area contributed by atoms with Crippen LogP contribution in [0.25, 0.3) is 0 Å². The first-order valence-corrected chi connectivity index (χ1v) is 7.39. The van der Waals surface area contributed by atoms with E-state index in [0.717, 1.165) is 5.56 Å². The molecule has 21 heavy (non-hydrogen) atoms. The molecule has 3 nitrogen and oxygen atoms in total. The number of fused-ring (bicyclic) bond motifs is 1. The largest absolute Gasteiger partial charge is 0.454 e. The molecule has 0 saturated carbocycles. The highest BCUT2D eigenvalue weighted by Crippen LogP contribution is 2.41. The summed E-state index contributed by atoms with van der Waals surface area (Å²) in [5.41, 5.74) is 1.41. The molecule has 110 valence electrons. The number of aliphatic hydroxyl groups excluding tert-OH is 1. The normalized spacial score (nSPS) is 14.3. The summed E-state index contributed by atoms with van der Waals surface area (Å²) in [6, 6.07) is 8.53. The van der Waals surface area contributed by atoms with Crippen LogP contribution in [-0.4, -0.2) is 11.9 Å². The third-order valence-electron chi connectivity index (χ3n) is 3.26. The first kappa shape index (κ1) is 14.8. The molecule has 0 spiro atoms. The number of rotatable bonds is 3. The zero-order valence-electron chi connectivity index (χ0n) is 10.8. The van der Waals surface area contributed by atoms with Gasteiger partial charge in [-0.1, -0.05) is 34.8 Å². The molecule has 6 heteroatoms. The standard InChI is InChI=1S/C15H11Cl3O3/c16-10-1-2-11(17)8(3-10)5-13(19)9-4-12(18)15-14(6-9)20-7-21-15/h1-4,6,13,19H,5,7H2. The van der Waals surface area contributed by atoms with Crippen LogP contribution in [0.3, 0.4) is 0 Å². The minimum atomic E-state index is -0.770. The second-order valence-corrected chi connectivity index (χ2v) is 5.94. The van der Waals surface area contributed by atoms with E-state index in [1.54, 1.807) is 30.3 Å². The third kappa shape index (κ3) is 3.06. The fourth-order valence-corrected chi connectivity index (χ4v) is 2.87. The van der Waals surface area contributed by atoms with Gasteiger partial charge in [-0.2, -0.15) is 0 Å². The maximum Gasteiger partial charge on any atom is 0.231 e. The molecule has 1 unspecified atom stereocenters. The Balaban J connectivity index is 1.87. The van der Waals surface area contributed by atoms with Gasteiger partial charge >= 0.3 is 0 Å². The molecule has 2 aromatic carbocycles. The van der Waals surface area contributed by atoms with Crippen LogP contribution >= 0.6 is 34.8 Å². The quantitative estimate of drug-likeness (QED) is 0.880. The minimum Gasteiger partial charge on any atom is -0.454 e. The van der Waals surface area contributed by atoms with Gasteiger partial charge in [-0.15, -0.1) is 0 Å². The summed E-state index contributed by atoms with van der Waals surface area (Å²) < 4.78 is 10.5. The predicted molar refractivity (Wildman–Crippen MR) is 82.7 cm³/mol. The second-order valence-electron chi connectivity index (χ2n) is 4.69. The van der Waals surface area contributed by atoms with E-state index >= 15 is 0 Å². The topological polar surface area (TPSA) is 38.7 Å². The van der Waals surface area contributed by atoms with E-state index in [0.29, 0.717) is 38.6 Å². The van der Waals surface area contributed by atoms with Gasteiger partial charge in [0, 0.05) is 16.5 Å². The number of hydrogen-bond donors (Lipinski definition) is 1. The average Bonchev–Trinajstić information content (AvgIpc) is 2.91. The summed E-state index contributed by atoms with van der Waals surface area (Å²) in [5.74, 6) is 1.04. The molecule has 0 amide bonds. The van der Waals surface area contributed by atoms with E-state index in [2.05, 4.69) is 0 Å². The monoisotopic (exact) mass is 344 g/mol. The molecule has 3 rings (SSSR count). The molecule has 0 aromatic heterocycles. The van der Waals surface area contributed by atoms with Crippen LogP contribution in [0.1, 0.15) is 17.2 Å². The average molecular weight is 346 g/mol. The van der Waals surface area contributed by atoms with Crippen molar-refractivity contribution >= 4 is 34.8 Å². The van der Waals surface area contributed by atoms with E-state index < -0.39 is 6.10 Å². The van der Waals surface area contributed by atoms with Crippen molar-refractivity contribution in [2.45, 2.75) is 12.5 Å². The molecule has 2 aromatic rings. The van der Waals surface area contributed by atoms with Crippen molar-refractivity contribution in [1.29, 1.82) is 0 Å². The van der Waals surface area contributed by atoms with Gasteiger partial charge in [-0.05, 0) is 41.5 Å². The number of benzene rings is 2. The molecule has 0 saturated heterocycles. The summed E-state index contributed by atoms with van der Waals surface area (Å²) in [6.45, 7) is 0.134. The Morgan fingerprint density at radius 3 is 2.67 bits per heavy atom. The van der Waals surface area contributed by atoms with Gasteiger partial charge in [-0.3, -0.25) is 0 Å². The summed E-state index contributed by atoms with van der Waals surface area (Å²) >= 11 is 18.2. The molecular formula is C15H11Cl3O3. The van der Waals surface area contributed by atoms with Crippen molar-refractivity contribution in [3.8, 4) is 11.5 Å². The maximum absolute atomic E-state index is 10.4. The van der Waals surface area contributed by atoms with Crippen LogP contribution in [0.2, 0.25) is 15.1 Å². The highest BCUT2D eigenvalue weighted by molar-refractivity contribution is 6.33. The molecule has 0 fully saturated rings. The molecule has 0 bridgehead atoms. The lowest BCUT2D eigenvalue weighted by Crippen LogP contribution is -2.02. The molecule has 1 aliphatic rings. The Morgan fingerprint density at radius 1 is 1.05 bits per heavy atom. The summed E-state index contributed by atoms with van der Waals surface area (Å²) in [7, 11) is 0. The van der Waals surface area contributed by atoms with Crippen molar-refractivity contribution in [3.63, 3.8) is 0 Å². The molecule has 0 aliphatic carbocycles. The minimum absolute atomic E-state index is 0.134. The molecule has 1 heterocycles. The molecule has 1 N–H and O–H groups in total. The van der Waals surface area contributed by atoms with E-state index in [1.165, 1.54) is 0 Å². The highest BCUT2D eigenvalue weighted by atomic mass is 35.5. The predicted octanol–water partition coefficient (Wildman–Crippen LogP) is 4.65. The second kappa shape index (κ2) is 5.93. The number of hydrogen-bond acceptors (Lipinski definition) is 3. The number of ether oxygens (including phenoxy) is 2. The maximum atomic E-state index is 10.4. The molecule has 1 aliphatic heterocycles. The lowest BCUT2D eigenvalue weighted by molar-refractivity contribution is 0.171. The van der Waals surface area contributed by atoms with Crippen LogP contribution < -0.4 is 9.47 Å². The lowest BCUT2D eigenvalue weighted by atomic mass is 10.0. The fourth-order valence-electron chi connectivity index (χ4n) is 2.21. The Morgan fingerprint density at radius 2 is 1.86 bits per heavy atom. The zero-order chi connectivity index (χ0) is 15.0. The van der Waals surface area contributed by atoms with Crippen LogP contribution in [0.5, 0.6) is 11.5 Å². The number of aliphatic hydroxyl groups is 1. The van der Waals surface area contributed by atoms with Crippen molar-refractivity contribution < 1.29 is 14.6 Å². The van der Waals surface area contributed by atoms with Crippen molar-refractivity contribution in [2.24, 2.45) is 0 Å². The van der Waals surface area contributed by atoms with Gasteiger partial charge in [0.25, 0.3) is 0 Å². The Hall–Kier alpha value is -1.13. The van der Waals surface area contributed by atoms with Crippen LogP contribution in [-0.2, 0) is 6.42 Å². The van der Waals surface area contributed by atoms with Gasteiger partial charge in [-0.25, -0.2) is 0 Å². The van der Waals surface area contributed by atoms with Gasteiger partial charge in [0.1, 0.15) is 0 Å². The molecule has 1 atom stereocenters. The van der Waals surface area contributed by atoms with E-state index in [-0.39, 0.29) is 6.79 Å². The van der Waals surface area contributed by atoms with Gasteiger partial charge in [0.05, 0.1) is 11.1 Å². The summed E-state index contributed by atoms with van der Waals surface area (Å²) in [5, 5.41) is 11.9. The Labute approximate surface area is 137 Å². The smallest absolute Gasteiger partial charge is 0.231 e. The first-order chi connectivity index (χ1) is 10.0. The zero-order valence-corrected chi connectivity index (χ0v) is 13.0. The van der Waals surface area contributed by atoms with E-state index in [9.17, 15) is 5.11 Å². The number of halogens is 3. The van der Waals surface area contributed by atoms with Crippen LogP contribution in [0.4, 0.5) is 0 Å². The molecule has 0 radical (unpaired) electrons. The van der Waals surface area contributed by atoms with Crippen molar-refractivity contribution in [2.75, 3.05) is 6.79 Å². The summed E-state index contributed by atoms with van der Waals surface area (Å²) in [4.78, 5) is 0. The Bertz CT molecular complexity index is 688. The van der Waals surface area contributed by atoms with Crippen molar-refractivity contribution in [1.82, 2.24) is 0 Å². The lowest BCUT2D eigenvalue weighted by Gasteiger charge is -2.14. The fraction of sp³-hybridized carbons (Fsp3) is 0.200. The summed E-state index contributed by atoms with van der Waals surface area (Å²) in [6.07, 6.45) is -0.442. The van der Waals surface area contributed by atoms with Crippen molar-refractivity contribution in [3.05, 3.63) is 56.5 Å². The third-order valence-corrected chi connectivity index (χ3v) is 4.14. The van der Waals surface area contributed by atoms with Gasteiger partial charge in [0.15, 0.2) is 11.5 Å². The van der Waals surface area contributed by atoms with Crippen LogP contribution in [0, 0.1) is 0 Å². The van der Waals surface area contributed by atoms with Crippen LogP contribution in [0.15, 0.2) is 30.3 Å². The van der Waals surface area contributed by atoms with E-state index in [4.69, 9.17) is 44.3 Å².